The Labute approximate surface area is 123 Å². The predicted octanol–water partition coefficient (Wildman–Crippen LogP) is 1.68. The lowest BCUT2D eigenvalue weighted by Crippen LogP contribution is -2.28. The van der Waals surface area contributed by atoms with Crippen LogP contribution >= 0.6 is 0 Å². The maximum Gasteiger partial charge on any atom is 0.251 e. The Hall–Kier alpha value is -1.88. The molecule has 2 fully saturated rings. The fourth-order valence-electron chi connectivity index (χ4n) is 2.68. The van der Waals surface area contributed by atoms with Crippen LogP contribution in [0.3, 0.4) is 0 Å². The van der Waals surface area contributed by atoms with Crippen LogP contribution in [-0.2, 0) is 4.79 Å². The number of hydrogen-bond acceptors (Lipinski definition) is 3. The third kappa shape index (κ3) is 3.42. The van der Waals surface area contributed by atoms with Crippen molar-refractivity contribution in [2.45, 2.75) is 44.2 Å². The van der Waals surface area contributed by atoms with Crippen LogP contribution in [0, 0.1) is 5.92 Å². The molecule has 0 heterocycles. The molecule has 1 aromatic carbocycles. The quantitative estimate of drug-likeness (QED) is 0.788. The minimum Gasteiger partial charge on any atom is -0.392 e. The molecule has 3 rings (SSSR count). The monoisotopic (exact) mass is 288 g/mol. The molecule has 3 N–H and O–H groups in total. The first-order valence-corrected chi connectivity index (χ1v) is 7.53. The van der Waals surface area contributed by atoms with Crippen LogP contribution < -0.4 is 10.6 Å². The topological polar surface area (TPSA) is 78.4 Å². The maximum atomic E-state index is 12.0. The number of rotatable bonds is 4. The predicted molar refractivity (Wildman–Crippen MR) is 78.9 cm³/mol. The molecule has 5 heteroatoms. The van der Waals surface area contributed by atoms with Crippen LogP contribution in [0.4, 0.5) is 5.69 Å². The van der Waals surface area contributed by atoms with Crippen molar-refractivity contribution in [1.82, 2.24) is 5.32 Å². The van der Waals surface area contributed by atoms with E-state index in [2.05, 4.69) is 10.6 Å². The van der Waals surface area contributed by atoms with E-state index >= 15 is 0 Å². The summed E-state index contributed by atoms with van der Waals surface area (Å²) in [5.74, 6) is -0.528. The Morgan fingerprint density at radius 3 is 2.33 bits per heavy atom. The number of amides is 2. The van der Waals surface area contributed by atoms with Crippen LogP contribution in [0.2, 0.25) is 0 Å². The Morgan fingerprint density at radius 2 is 1.76 bits per heavy atom. The number of hydrogen-bond donors (Lipinski definition) is 3. The van der Waals surface area contributed by atoms with E-state index in [1.165, 1.54) is 0 Å². The highest BCUT2D eigenvalue weighted by Crippen LogP contribution is 2.27. The zero-order valence-corrected chi connectivity index (χ0v) is 11.8. The summed E-state index contributed by atoms with van der Waals surface area (Å²) in [5, 5.41) is 15.5. The highest BCUT2D eigenvalue weighted by atomic mass is 16.3. The number of benzene rings is 1. The Morgan fingerprint density at radius 1 is 1.05 bits per heavy atom. The summed E-state index contributed by atoms with van der Waals surface area (Å²) in [6, 6.07) is 7.19. The van der Waals surface area contributed by atoms with Gasteiger partial charge in [0.05, 0.1) is 12.0 Å². The van der Waals surface area contributed by atoms with Crippen molar-refractivity contribution in [3.05, 3.63) is 29.8 Å². The molecule has 0 aromatic heterocycles. The molecule has 5 nitrogen and oxygen atoms in total. The second-order valence-corrected chi connectivity index (χ2v) is 5.92. The molecule has 21 heavy (non-hydrogen) atoms. The third-order valence-corrected chi connectivity index (χ3v) is 4.14. The van der Waals surface area contributed by atoms with Crippen LogP contribution in [0.25, 0.3) is 0 Å². The molecule has 0 aliphatic heterocycles. The van der Waals surface area contributed by atoms with Gasteiger partial charge >= 0.3 is 0 Å². The van der Waals surface area contributed by atoms with Gasteiger partial charge in [0.1, 0.15) is 0 Å². The van der Waals surface area contributed by atoms with E-state index in [0.29, 0.717) is 23.7 Å². The van der Waals surface area contributed by atoms with Gasteiger partial charge in [-0.15, -0.1) is 0 Å². The molecule has 0 saturated heterocycles. The van der Waals surface area contributed by atoms with Crippen LogP contribution in [0.5, 0.6) is 0 Å². The lowest BCUT2D eigenvalue weighted by Gasteiger charge is -2.14. The first-order chi connectivity index (χ1) is 10.1. The number of carbonyl (C=O) groups is 2. The first-order valence-electron chi connectivity index (χ1n) is 7.53. The minimum atomic E-state index is -0.534. The number of carbonyl (C=O) groups excluding carboxylic acids is 2. The summed E-state index contributed by atoms with van der Waals surface area (Å²) in [5.41, 5.74) is 1.25. The van der Waals surface area contributed by atoms with Crippen molar-refractivity contribution in [1.29, 1.82) is 0 Å². The van der Waals surface area contributed by atoms with Crippen LogP contribution in [0.15, 0.2) is 24.3 Å². The van der Waals surface area contributed by atoms with E-state index in [4.69, 9.17) is 0 Å². The van der Waals surface area contributed by atoms with E-state index in [1.807, 2.05) is 0 Å². The van der Waals surface area contributed by atoms with Crippen molar-refractivity contribution in [2.75, 3.05) is 5.32 Å². The van der Waals surface area contributed by atoms with Crippen LogP contribution in [-0.4, -0.2) is 29.1 Å². The van der Waals surface area contributed by atoms with Gasteiger partial charge < -0.3 is 15.7 Å². The molecule has 0 radical (unpaired) electrons. The molecule has 2 saturated carbocycles. The Bertz CT molecular complexity index is 537. The summed E-state index contributed by atoms with van der Waals surface area (Å²) in [4.78, 5) is 23.9. The van der Waals surface area contributed by atoms with Gasteiger partial charge in [0, 0.05) is 17.3 Å². The number of aliphatic hydroxyl groups excluding tert-OH is 1. The Kier molecular flexibility index (Phi) is 3.92. The van der Waals surface area contributed by atoms with Gasteiger partial charge in [-0.05, 0) is 56.4 Å². The van der Waals surface area contributed by atoms with Crippen molar-refractivity contribution in [3.8, 4) is 0 Å². The van der Waals surface area contributed by atoms with Gasteiger partial charge in [0.2, 0.25) is 5.91 Å². The molecule has 2 aliphatic carbocycles. The lowest BCUT2D eigenvalue weighted by atomic mass is 10.1. The summed E-state index contributed by atoms with van der Waals surface area (Å²) in [6.07, 6.45) is 3.90. The van der Waals surface area contributed by atoms with Crippen LogP contribution in [0.1, 0.15) is 42.5 Å². The average molecular weight is 288 g/mol. The normalized spacial score (nSPS) is 24.6. The number of anilines is 1. The van der Waals surface area contributed by atoms with Gasteiger partial charge in [-0.25, -0.2) is 0 Å². The van der Waals surface area contributed by atoms with Gasteiger partial charge in [0.25, 0.3) is 5.91 Å². The first kappa shape index (κ1) is 14.1. The smallest absolute Gasteiger partial charge is 0.251 e. The summed E-state index contributed by atoms with van der Waals surface area (Å²) >= 11 is 0. The second-order valence-electron chi connectivity index (χ2n) is 5.92. The standard InChI is InChI=1S/C16H20N2O3/c19-14-3-1-2-13(14)16(21)18-11-6-4-10(5-7-11)15(20)17-12-8-9-12/h4-7,12-14,19H,1-3,8-9H2,(H,17,20)(H,18,21). The van der Waals surface area contributed by atoms with Crippen molar-refractivity contribution < 1.29 is 14.7 Å². The number of nitrogens with one attached hydrogen (secondary N) is 2. The van der Waals surface area contributed by atoms with E-state index in [1.54, 1.807) is 24.3 Å². The molecule has 0 bridgehead atoms. The highest BCUT2D eigenvalue weighted by molar-refractivity contribution is 5.96. The lowest BCUT2D eigenvalue weighted by molar-refractivity contribution is -0.122. The molecular formula is C16H20N2O3. The second kappa shape index (κ2) is 5.85. The molecule has 1 aromatic rings. The fraction of sp³-hybridized carbons (Fsp3) is 0.500. The molecule has 2 amide bonds. The molecular weight excluding hydrogens is 268 g/mol. The van der Waals surface area contributed by atoms with Gasteiger partial charge in [-0.2, -0.15) is 0 Å². The molecule has 112 valence electrons. The summed E-state index contributed by atoms with van der Waals surface area (Å²) < 4.78 is 0. The summed E-state index contributed by atoms with van der Waals surface area (Å²) in [7, 11) is 0. The van der Waals surface area contributed by atoms with E-state index in [0.717, 1.165) is 25.7 Å². The largest absolute Gasteiger partial charge is 0.392 e. The summed E-state index contributed by atoms with van der Waals surface area (Å²) in [6.45, 7) is 0. The zero-order chi connectivity index (χ0) is 14.8. The van der Waals surface area contributed by atoms with E-state index in [-0.39, 0.29) is 17.7 Å². The van der Waals surface area contributed by atoms with Gasteiger partial charge in [-0.1, -0.05) is 0 Å². The maximum absolute atomic E-state index is 12.0. The number of aliphatic hydroxyl groups is 1. The molecule has 2 aliphatic rings. The van der Waals surface area contributed by atoms with Gasteiger partial charge in [0.15, 0.2) is 0 Å². The van der Waals surface area contributed by atoms with Crippen molar-refractivity contribution >= 4 is 17.5 Å². The fourth-order valence-corrected chi connectivity index (χ4v) is 2.68. The van der Waals surface area contributed by atoms with Gasteiger partial charge in [-0.3, -0.25) is 9.59 Å². The zero-order valence-electron chi connectivity index (χ0n) is 11.8. The SMILES string of the molecule is O=C(NC1CC1)c1ccc(NC(=O)C2CCCC2O)cc1. The third-order valence-electron chi connectivity index (χ3n) is 4.14. The van der Waals surface area contributed by atoms with Crippen molar-refractivity contribution in [2.24, 2.45) is 5.92 Å². The molecule has 2 atom stereocenters. The highest BCUT2D eigenvalue weighted by Gasteiger charge is 2.31. The average Bonchev–Trinajstić information content (AvgIpc) is 3.18. The molecule has 2 unspecified atom stereocenters. The molecule has 0 spiro atoms. The van der Waals surface area contributed by atoms with Crippen molar-refractivity contribution in [3.63, 3.8) is 0 Å². The Balaban J connectivity index is 1.58. The van der Waals surface area contributed by atoms with E-state index < -0.39 is 6.10 Å². The minimum absolute atomic E-state index is 0.0680. The van der Waals surface area contributed by atoms with E-state index in [9.17, 15) is 14.7 Å².